The zero-order chi connectivity index (χ0) is 28.5. The third-order valence-electron chi connectivity index (χ3n) is 7.29. The van der Waals surface area contributed by atoms with E-state index < -0.39 is 12.2 Å². The van der Waals surface area contributed by atoms with Gasteiger partial charge in [0.1, 0.15) is 30.4 Å². The molecule has 15 heteroatoms. The summed E-state index contributed by atoms with van der Waals surface area (Å²) in [5.74, 6) is 7.57. The second kappa shape index (κ2) is 11.3. The third kappa shape index (κ3) is 5.07. The number of hydrogen-bond donors (Lipinski definition) is 1. The van der Waals surface area contributed by atoms with Crippen LogP contribution in [-0.4, -0.2) is 89.1 Å². The van der Waals surface area contributed by atoms with Gasteiger partial charge in [-0.15, -0.1) is 0 Å². The monoisotopic (exact) mass is 571 g/mol. The first-order chi connectivity index (χ1) is 20.0. The van der Waals surface area contributed by atoms with Gasteiger partial charge in [-0.3, -0.25) is 19.5 Å². The number of hydrogen-bond acceptors (Lipinski definition) is 10. The van der Waals surface area contributed by atoms with Crippen LogP contribution in [0.1, 0.15) is 18.0 Å². The molecular formula is C26H31F2N9O4. The fourth-order valence-electron chi connectivity index (χ4n) is 5.20. The summed E-state index contributed by atoms with van der Waals surface area (Å²) in [4.78, 5) is 26.6. The first-order valence-electron chi connectivity index (χ1n) is 13.3. The van der Waals surface area contributed by atoms with E-state index in [9.17, 15) is 13.6 Å². The number of piperazine rings is 1. The van der Waals surface area contributed by atoms with E-state index in [0.717, 1.165) is 42.1 Å². The molecule has 41 heavy (non-hydrogen) atoms. The lowest BCUT2D eigenvalue weighted by Gasteiger charge is -2.36. The molecule has 0 aliphatic carbocycles. The van der Waals surface area contributed by atoms with Gasteiger partial charge >= 0.3 is 12.2 Å². The summed E-state index contributed by atoms with van der Waals surface area (Å²) < 4.78 is 47.4. The summed E-state index contributed by atoms with van der Waals surface area (Å²) in [6.07, 6.45) is 1.46. The van der Waals surface area contributed by atoms with E-state index >= 15 is 0 Å². The first-order valence-corrected chi connectivity index (χ1v) is 13.3. The van der Waals surface area contributed by atoms with Gasteiger partial charge in [0.2, 0.25) is 5.78 Å². The zero-order valence-electron chi connectivity index (χ0n) is 22.5. The third-order valence-corrected chi connectivity index (χ3v) is 7.29. The quantitative estimate of drug-likeness (QED) is 0.223. The van der Waals surface area contributed by atoms with Crippen molar-refractivity contribution < 1.29 is 22.7 Å². The maximum Gasteiger partial charge on any atom is 0.351 e. The van der Waals surface area contributed by atoms with E-state index in [0.29, 0.717) is 35.9 Å². The highest BCUT2D eigenvalue weighted by Gasteiger charge is 2.33. The second-order valence-electron chi connectivity index (χ2n) is 9.71. The van der Waals surface area contributed by atoms with Gasteiger partial charge in [0.15, 0.2) is 11.6 Å². The highest BCUT2D eigenvalue weighted by atomic mass is 19.3. The van der Waals surface area contributed by atoms with Gasteiger partial charge in [0, 0.05) is 52.1 Å². The van der Waals surface area contributed by atoms with Gasteiger partial charge in [0.05, 0.1) is 12.9 Å². The van der Waals surface area contributed by atoms with Crippen LogP contribution in [-0.2, 0) is 11.3 Å². The smallest absolute Gasteiger partial charge is 0.351 e. The van der Waals surface area contributed by atoms with Crippen molar-refractivity contribution in [2.75, 3.05) is 69.6 Å². The molecule has 1 aromatic carbocycles. The molecule has 3 aromatic heterocycles. The average molecular weight is 572 g/mol. The number of ether oxygens (including phenoxy) is 2. The number of nitrogens with two attached hydrogens (primary N) is 1. The van der Waals surface area contributed by atoms with Crippen LogP contribution in [0.4, 0.5) is 20.3 Å². The Kier molecular flexibility index (Phi) is 7.47. The molecule has 4 aromatic rings. The standard InChI is InChI=1S/C26H31F2N9O4/c1-39-15-16-40-19-6-4-18(5-7-19)33-11-8-32(9-12-33)10-13-34-25-31-23-22(36(25)37(24(27)28)26(34)38)21(30-17-35(23)29)20-3-2-14-41-20/h2-7,14,24H,8-13,15-17,29H2,1H3. The van der Waals surface area contributed by atoms with Crippen molar-refractivity contribution in [2.24, 2.45) is 10.8 Å². The average Bonchev–Trinajstić information content (AvgIpc) is 3.70. The van der Waals surface area contributed by atoms with E-state index in [1.54, 1.807) is 19.2 Å². The number of aromatic nitrogens is 4. The Morgan fingerprint density at radius 1 is 1.07 bits per heavy atom. The number of hydrazine groups is 1. The molecule has 1 fully saturated rings. The molecule has 0 unspecified atom stereocenters. The van der Waals surface area contributed by atoms with Crippen molar-refractivity contribution in [2.45, 2.75) is 13.1 Å². The minimum atomic E-state index is -3.10. The highest BCUT2D eigenvalue weighted by molar-refractivity contribution is 6.14. The fraction of sp³-hybridized carbons (Fsp3) is 0.423. The van der Waals surface area contributed by atoms with Crippen molar-refractivity contribution in [3.63, 3.8) is 0 Å². The Morgan fingerprint density at radius 2 is 1.85 bits per heavy atom. The van der Waals surface area contributed by atoms with Gasteiger partial charge in [-0.2, -0.15) is 18.4 Å². The van der Waals surface area contributed by atoms with E-state index in [1.807, 2.05) is 24.3 Å². The predicted octanol–water partition coefficient (Wildman–Crippen LogP) is 1.62. The summed E-state index contributed by atoms with van der Waals surface area (Å²) >= 11 is 0. The molecule has 6 rings (SSSR count). The van der Waals surface area contributed by atoms with Gasteiger partial charge in [-0.1, -0.05) is 0 Å². The molecule has 5 heterocycles. The molecule has 218 valence electrons. The van der Waals surface area contributed by atoms with Crippen LogP contribution in [0.3, 0.4) is 0 Å². The highest BCUT2D eigenvalue weighted by Crippen LogP contribution is 2.28. The summed E-state index contributed by atoms with van der Waals surface area (Å²) in [5, 5.41) is 1.26. The van der Waals surface area contributed by atoms with Crippen LogP contribution < -0.4 is 26.2 Å². The fourth-order valence-corrected chi connectivity index (χ4v) is 5.20. The van der Waals surface area contributed by atoms with Crippen molar-refractivity contribution in [3.05, 3.63) is 64.6 Å². The van der Waals surface area contributed by atoms with Crippen LogP contribution in [0.15, 0.2) is 56.9 Å². The van der Waals surface area contributed by atoms with Gasteiger partial charge in [-0.05, 0) is 36.4 Å². The maximum absolute atomic E-state index is 14.3. The molecule has 0 spiro atoms. The number of nitrogens with zero attached hydrogens (tertiary/aromatic N) is 8. The lowest BCUT2D eigenvalue weighted by molar-refractivity contribution is 0.0473. The number of fused-ring (bicyclic) bond motifs is 3. The van der Waals surface area contributed by atoms with Crippen molar-refractivity contribution >= 4 is 23.0 Å². The normalized spacial score (nSPS) is 16.1. The van der Waals surface area contributed by atoms with Crippen LogP contribution in [0.25, 0.3) is 5.78 Å². The summed E-state index contributed by atoms with van der Waals surface area (Å²) in [6, 6.07) is 11.3. The molecule has 0 atom stereocenters. The number of methoxy groups -OCH3 is 1. The Hall–Kier alpha value is -4.21. The Bertz CT molecular complexity index is 1570. The molecule has 0 amide bonds. The van der Waals surface area contributed by atoms with Crippen LogP contribution >= 0.6 is 0 Å². The lowest BCUT2D eigenvalue weighted by atomic mass is 10.2. The van der Waals surface area contributed by atoms with E-state index in [2.05, 4.69) is 19.8 Å². The van der Waals surface area contributed by atoms with Gasteiger partial charge in [0.25, 0.3) is 0 Å². The number of benzene rings is 1. The number of anilines is 2. The number of alkyl halides is 2. The molecule has 2 aliphatic rings. The molecular weight excluding hydrogens is 540 g/mol. The molecule has 2 N–H and O–H groups in total. The van der Waals surface area contributed by atoms with Crippen molar-refractivity contribution in [3.8, 4) is 5.75 Å². The Morgan fingerprint density at radius 3 is 2.54 bits per heavy atom. The van der Waals surface area contributed by atoms with E-state index in [4.69, 9.17) is 19.7 Å². The minimum absolute atomic E-state index is 0.0654. The van der Waals surface area contributed by atoms with E-state index in [-0.39, 0.29) is 30.5 Å². The van der Waals surface area contributed by atoms with E-state index in [1.165, 1.54) is 15.8 Å². The topological polar surface area (TPSA) is 124 Å². The second-order valence-corrected chi connectivity index (χ2v) is 9.71. The number of aliphatic imine (C=N–C) groups is 1. The predicted molar refractivity (Wildman–Crippen MR) is 147 cm³/mol. The molecule has 13 nitrogen and oxygen atoms in total. The van der Waals surface area contributed by atoms with Crippen LogP contribution in [0.2, 0.25) is 0 Å². The van der Waals surface area contributed by atoms with Crippen LogP contribution in [0.5, 0.6) is 5.75 Å². The number of furan rings is 1. The summed E-state index contributed by atoms with van der Waals surface area (Å²) in [5.41, 5.74) is 0.726. The largest absolute Gasteiger partial charge is 0.491 e. The number of rotatable bonds is 10. The van der Waals surface area contributed by atoms with Gasteiger partial charge in [-0.25, -0.2) is 15.2 Å². The van der Waals surface area contributed by atoms with Crippen LogP contribution in [0, 0.1) is 0 Å². The van der Waals surface area contributed by atoms with Gasteiger partial charge < -0.3 is 18.8 Å². The summed E-state index contributed by atoms with van der Waals surface area (Å²) in [6.45, 7) is 1.75. The number of halogens is 2. The first kappa shape index (κ1) is 27.0. The molecule has 0 saturated carbocycles. The molecule has 0 radical (unpaired) electrons. The molecule has 2 aliphatic heterocycles. The Labute approximate surface area is 233 Å². The lowest BCUT2D eigenvalue weighted by Crippen LogP contribution is -2.47. The zero-order valence-corrected chi connectivity index (χ0v) is 22.5. The number of imidazole rings is 1. The minimum Gasteiger partial charge on any atom is -0.491 e. The molecule has 0 bridgehead atoms. The Balaban J connectivity index is 1.18. The maximum atomic E-state index is 14.3. The van der Waals surface area contributed by atoms with Crippen molar-refractivity contribution in [1.29, 1.82) is 0 Å². The summed E-state index contributed by atoms with van der Waals surface area (Å²) in [7, 11) is 1.64. The van der Waals surface area contributed by atoms with Crippen molar-refractivity contribution in [1.82, 2.24) is 23.6 Å². The molecule has 1 saturated heterocycles. The SMILES string of the molecule is COCCOc1ccc(N2CCN(CCn3c(=O)n(C(F)F)n4c5c(nc34)N(N)CN=C5c3ccco3)CC2)cc1.